The molecule has 6 nitrogen and oxygen atoms in total. The molecule has 1 N–H and O–H groups in total. The molecule has 0 spiro atoms. The monoisotopic (exact) mass is 315 g/mol. The van der Waals surface area contributed by atoms with Gasteiger partial charge in [-0.25, -0.2) is 0 Å². The maximum Gasteiger partial charge on any atom is 0.254 e. The Labute approximate surface area is 135 Å². The van der Waals surface area contributed by atoms with E-state index in [1.54, 1.807) is 18.8 Å². The molecule has 1 fully saturated rings. The third-order valence-corrected chi connectivity index (χ3v) is 4.14. The molecule has 1 saturated heterocycles. The summed E-state index contributed by atoms with van der Waals surface area (Å²) in [6.45, 7) is 2.67. The maximum absolute atomic E-state index is 12.3. The van der Waals surface area contributed by atoms with E-state index in [4.69, 9.17) is 9.47 Å². The molecule has 1 aliphatic rings. The Bertz CT molecular complexity index is 711. The number of ether oxygens (including phenoxy) is 2. The van der Waals surface area contributed by atoms with Crippen molar-refractivity contribution in [2.75, 3.05) is 19.0 Å². The summed E-state index contributed by atoms with van der Waals surface area (Å²) in [7, 11) is 3.43. The number of aromatic nitrogens is 2. The summed E-state index contributed by atoms with van der Waals surface area (Å²) in [6.07, 6.45) is 0.531. The molecule has 0 radical (unpaired) electrons. The van der Waals surface area contributed by atoms with Gasteiger partial charge in [-0.05, 0) is 24.5 Å². The number of methoxy groups -OCH3 is 1. The first kappa shape index (κ1) is 15.6. The SMILES string of the molecule is COc1cccc(-c2cc(NC(=O)C3OCCC3C)n(C)n2)c1. The Kier molecular flexibility index (Phi) is 4.34. The second-order valence-electron chi connectivity index (χ2n) is 5.82. The minimum absolute atomic E-state index is 0.116. The molecule has 23 heavy (non-hydrogen) atoms. The van der Waals surface area contributed by atoms with Crippen LogP contribution in [0.25, 0.3) is 11.3 Å². The van der Waals surface area contributed by atoms with E-state index in [0.717, 1.165) is 23.4 Å². The first-order valence-corrected chi connectivity index (χ1v) is 7.69. The molecule has 2 atom stereocenters. The second-order valence-corrected chi connectivity index (χ2v) is 5.82. The minimum atomic E-state index is -0.384. The van der Waals surface area contributed by atoms with Crippen LogP contribution in [0.1, 0.15) is 13.3 Å². The van der Waals surface area contributed by atoms with Gasteiger partial charge in [0.2, 0.25) is 0 Å². The fourth-order valence-electron chi connectivity index (χ4n) is 2.74. The first-order valence-electron chi connectivity index (χ1n) is 7.69. The molecular formula is C17H21N3O3. The zero-order valence-corrected chi connectivity index (χ0v) is 13.6. The maximum atomic E-state index is 12.3. The Morgan fingerprint density at radius 1 is 1.43 bits per heavy atom. The predicted octanol–water partition coefficient (Wildman–Crippen LogP) is 2.46. The van der Waals surface area contributed by atoms with Crippen molar-refractivity contribution in [1.82, 2.24) is 9.78 Å². The number of hydrogen-bond acceptors (Lipinski definition) is 4. The van der Waals surface area contributed by atoms with Gasteiger partial charge >= 0.3 is 0 Å². The van der Waals surface area contributed by atoms with Gasteiger partial charge in [-0.2, -0.15) is 5.10 Å². The summed E-state index contributed by atoms with van der Waals surface area (Å²) in [4.78, 5) is 12.3. The van der Waals surface area contributed by atoms with Gasteiger partial charge in [0.15, 0.2) is 0 Å². The molecule has 2 aromatic rings. The van der Waals surface area contributed by atoms with E-state index in [2.05, 4.69) is 10.4 Å². The largest absolute Gasteiger partial charge is 0.497 e. The molecule has 3 rings (SSSR count). The van der Waals surface area contributed by atoms with Crippen LogP contribution in [0.2, 0.25) is 0 Å². The topological polar surface area (TPSA) is 65.4 Å². The van der Waals surface area contributed by atoms with Crippen LogP contribution in [0.15, 0.2) is 30.3 Å². The van der Waals surface area contributed by atoms with E-state index in [1.165, 1.54) is 0 Å². The van der Waals surface area contributed by atoms with Crippen LogP contribution in [0.3, 0.4) is 0 Å². The number of carbonyl (C=O) groups excluding carboxylic acids is 1. The standard InChI is InChI=1S/C17H21N3O3/c1-11-7-8-23-16(11)17(21)18-15-10-14(19-20(15)2)12-5-4-6-13(9-12)22-3/h4-6,9-11,16H,7-8H2,1-3H3,(H,18,21). The highest BCUT2D eigenvalue weighted by Gasteiger charge is 2.31. The zero-order chi connectivity index (χ0) is 16.4. The van der Waals surface area contributed by atoms with Crippen molar-refractivity contribution in [3.63, 3.8) is 0 Å². The van der Waals surface area contributed by atoms with Crippen molar-refractivity contribution >= 4 is 11.7 Å². The van der Waals surface area contributed by atoms with Crippen molar-refractivity contribution < 1.29 is 14.3 Å². The molecule has 0 aliphatic carbocycles. The lowest BCUT2D eigenvalue weighted by molar-refractivity contribution is -0.126. The highest BCUT2D eigenvalue weighted by molar-refractivity contribution is 5.94. The van der Waals surface area contributed by atoms with Gasteiger partial charge in [0.05, 0.1) is 12.8 Å². The summed E-state index contributed by atoms with van der Waals surface area (Å²) in [5.41, 5.74) is 1.72. The Balaban J connectivity index is 1.79. The summed E-state index contributed by atoms with van der Waals surface area (Å²) in [5.74, 6) is 1.54. The number of nitrogens with one attached hydrogen (secondary N) is 1. The van der Waals surface area contributed by atoms with Crippen LogP contribution < -0.4 is 10.1 Å². The van der Waals surface area contributed by atoms with Crippen molar-refractivity contribution in [2.24, 2.45) is 13.0 Å². The molecular weight excluding hydrogens is 294 g/mol. The minimum Gasteiger partial charge on any atom is -0.497 e. The molecule has 6 heteroatoms. The van der Waals surface area contributed by atoms with E-state index >= 15 is 0 Å². The van der Waals surface area contributed by atoms with Gasteiger partial charge in [-0.1, -0.05) is 19.1 Å². The number of hydrogen-bond donors (Lipinski definition) is 1. The number of carbonyl (C=O) groups is 1. The summed E-state index contributed by atoms with van der Waals surface area (Å²) in [6, 6.07) is 9.52. The normalized spacial score (nSPS) is 20.5. The highest BCUT2D eigenvalue weighted by atomic mass is 16.5. The third kappa shape index (κ3) is 3.22. The van der Waals surface area contributed by atoms with E-state index in [-0.39, 0.29) is 17.9 Å². The summed E-state index contributed by atoms with van der Waals surface area (Å²) >= 11 is 0. The Hall–Kier alpha value is -2.34. The van der Waals surface area contributed by atoms with Crippen molar-refractivity contribution in [3.8, 4) is 17.0 Å². The predicted molar refractivity (Wildman–Crippen MR) is 87.3 cm³/mol. The molecule has 0 saturated carbocycles. The Morgan fingerprint density at radius 2 is 2.26 bits per heavy atom. The zero-order valence-electron chi connectivity index (χ0n) is 13.6. The van der Waals surface area contributed by atoms with Crippen molar-refractivity contribution in [3.05, 3.63) is 30.3 Å². The molecule has 1 aliphatic heterocycles. The molecule has 122 valence electrons. The summed E-state index contributed by atoms with van der Waals surface area (Å²) in [5, 5.41) is 7.37. The average molecular weight is 315 g/mol. The molecule has 2 unspecified atom stereocenters. The molecule has 0 bridgehead atoms. The van der Waals surface area contributed by atoms with E-state index in [9.17, 15) is 4.79 Å². The number of amides is 1. The molecule has 2 heterocycles. The Morgan fingerprint density at radius 3 is 2.96 bits per heavy atom. The lowest BCUT2D eigenvalue weighted by atomic mass is 10.0. The third-order valence-electron chi connectivity index (χ3n) is 4.14. The molecule has 1 aromatic heterocycles. The number of benzene rings is 1. The van der Waals surface area contributed by atoms with Gasteiger partial charge in [0.25, 0.3) is 5.91 Å². The lowest BCUT2D eigenvalue weighted by Crippen LogP contribution is -2.31. The van der Waals surface area contributed by atoms with E-state index in [0.29, 0.717) is 12.4 Å². The van der Waals surface area contributed by atoms with Crippen LogP contribution in [0.4, 0.5) is 5.82 Å². The van der Waals surface area contributed by atoms with Gasteiger partial charge < -0.3 is 14.8 Å². The fourth-order valence-corrected chi connectivity index (χ4v) is 2.74. The molecule has 1 aromatic carbocycles. The summed E-state index contributed by atoms with van der Waals surface area (Å²) < 4.78 is 12.4. The number of aryl methyl sites for hydroxylation is 1. The van der Waals surface area contributed by atoms with Crippen molar-refractivity contribution in [2.45, 2.75) is 19.4 Å². The van der Waals surface area contributed by atoms with Gasteiger partial charge in [-0.3, -0.25) is 9.48 Å². The first-order chi connectivity index (χ1) is 11.1. The van der Waals surface area contributed by atoms with E-state index < -0.39 is 0 Å². The number of rotatable bonds is 4. The average Bonchev–Trinajstić information content (AvgIpc) is 3.14. The van der Waals surface area contributed by atoms with Crippen molar-refractivity contribution in [1.29, 1.82) is 0 Å². The number of nitrogens with zero attached hydrogens (tertiary/aromatic N) is 2. The number of anilines is 1. The van der Waals surface area contributed by atoms with Gasteiger partial charge in [-0.15, -0.1) is 0 Å². The van der Waals surface area contributed by atoms with Gasteiger partial charge in [0, 0.05) is 25.3 Å². The van der Waals surface area contributed by atoms with E-state index in [1.807, 2.05) is 37.3 Å². The second kappa shape index (κ2) is 6.42. The smallest absolute Gasteiger partial charge is 0.254 e. The van der Waals surface area contributed by atoms with Crippen LogP contribution >= 0.6 is 0 Å². The quantitative estimate of drug-likeness (QED) is 0.941. The van der Waals surface area contributed by atoms with Crippen LogP contribution in [0.5, 0.6) is 5.75 Å². The van der Waals surface area contributed by atoms with Gasteiger partial charge in [0.1, 0.15) is 17.7 Å². The van der Waals surface area contributed by atoms with Crippen LogP contribution in [0, 0.1) is 5.92 Å². The lowest BCUT2D eigenvalue weighted by Gasteiger charge is -2.14. The van der Waals surface area contributed by atoms with Crippen LogP contribution in [-0.2, 0) is 16.6 Å². The fraction of sp³-hybridized carbons (Fsp3) is 0.412. The highest BCUT2D eigenvalue weighted by Crippen LogP contribution is 2.26. The molecule has 1 amide bonds. The van der Waals surface area contributed by atoms with Crippen LogP contribution in [-0.4, -0.2) is 35.5 Å².